The maximum absolute atomic E-state index is 9.74. The number of benzene rings is 1. The maximum atomic E-state index is 9.74. The van der Waals surface area contributed by atoms with E-state index in [9.17, 15) is 5.11 Å². The lowest BCUT2D eigenvalue weighted by Gasteiger charge is -2.14. The van der Waals surface area contributed by atoms with Crippen molar-refractivity contribution in [3.63, 3.8) is 0 Å². The van der Waals surface area contributed by atoms with Crippen LogP contribution >= 0.6 is 11.5 Å². The van der Waals surface area contributed by atoms with Crippen molar-refractivity contribution in [3.05, 3.63) is 29.6 Å². The predicted molar refractivity (Wildman–Crippen MR) is 76.3 cm³/mol. The van der Waals surface area contributed by atoms with Gasteiger partial charge in [0.25, 0.3) is 0 Å². The van der Waals surface area contributed by atoms with E-state index in [0.29, 0.717) is 12.5 Å². The van der Waals surface area contributed by atoms with Crippen LogP contribution in [0.4, 0.5) is 0 Å². The second-order valence-electron chi connectivity index (χ2n) is 4.91. The van der Waals surface area contributed by atoms with E-state index in [-0.39, 0.29) is 0 Å². The zero-order chi connectivity index (χ0) is 13.7. The van der Waals surface area contributed by atoms with Crippen LogP contribution in [-0.2, 0) is 0 Å². The summed E-state index contributed by atoms with van der Waals surface area (Å²) in [6.07, 6.45) is 0.338. The molecule has 1 unspecified atom stereocenters. The number of nitrogens with zero attached hydrogens (tertiary/aromatic N) is 2. The number of hydrogen-bond acceptors (Lipinski definition) is 5. The minimum atomic E-state index is -0.414. The molecule has 0 saturated heterocycles. The van der Waals surface area contributed by atoms with E-state index < -0.39 is 6.10 Å². The third kappa shape index (κ3) is 4.29. The molecule has 2 aromatic rings. The first kappa shape index (κ1) is 14.0. The molecule has 1 N–H and O–H groups in total. The molecule has 0 saturated carbocycles. The zero-order valence-corrected chi connectivity index (χ0v) is 11.9. The molecule has 19 heavy (non-hydrogen) atoms. The summed E-state index contributed by atoms with van der Waals surface area (Å²) < 4.78 is 9.39. The Morgan fingerprint density at radius 2 is 2.00 bits per heavy atom. The topological polar surface area (TPSA) is 55.2 Å². The van der Waals surface area contributed by atoms with Crippen LogP contribution in [0.15, 0.2) is 29.6 Å². The van der Waals surface area contributed by atoms with Crippen molar-refractivity contribution in [1.29, 1.82) is 0 Å². The van der Waals surface area contributed by atoms with Crippen molar-refractivity contribution in [2.75, 3.05) is 6.61 Å². The van der Waals surface area contributed by atoms with Crippen LogP contribution in [0.3, 0.4) is 0 Å². The molecular weight excluding hydrogens is 260 g/mol. The predicted octanol–water partition coefficient (Wildman–Crippen LogP) is 2.99. The SMILES string of the molecule is CC(C)CC(O)COc1ccc(-c2csnn2)cc1. The number of ether oxygens (including phenoxy) is 1. The van der Waals surface area contributed by atoms with Crippen LogP contribution in [-0.4, -0.2) is 27.4 Å². The molecule has 0 amide bonds. The fourth-order valence-corrected chi connectivity index (χ4v) is 2.28. The fraction of sp³-hybridized carbons (Fsp3) is 0.429. The van der Waals surface area contributed by atoms with Crippen molar-refractivity contribution in [2.45, 2.75) is 26.4 Å². The summed E-state index contributed by atoms with van der Waals surface area (Å²) in [6.45, 7) is 4.50. The molecule has 5 heteroatoms. The summed E-state index contributed by atoms with van der Waals surface area (Å²) in [7, 11) is 0. The molecule has 0 aliphatic carbocycles. The van der Waals surface area contributed by atoms with Gasteiger partial charge in [-0.1, -0.05) is 18.3 Å². The summed E-state index contributed by atoms with van der Waals surface area (Å²) in [6, 6.07) is 7.66. The van der Waals surface area contributed by atoms with Gasteiger partial charge in [-0.05, 0) is 48.1 Å². The maximum Gasteiger partial charge on any atom is 0.119 e. The second kappa shape index (κ2) is 6.63. The third-order valence-corrected chi connectivity index (χ3v) is 3.20. The summed E-state index contributed by atoms with van der Waals surface area (Å²) >= 11 is 1.33. The van der Waals surface area contributed by atoms with E-state index in [2.05, 4.69) is 23.4 Å². The Labute approximate surface area is 117 Å². The highest BCUT2D eigenvalue weighted by molar-refractivity contribution is 7.03. The van der Waals surface area contributed by atoms with Crippen LogP contribution in [0.2, 0.25) is 0 Å². The number of hydrogen-bond donors (Lipinski definition) is 1. The number of aromatic nitrogens is 2. The highest BCUT2D eigenvalue weighted by atomic mass is 32.1. The van der Waals surface area contributed by atoms with Crippen LogP contribution in [0.1, 0.15) is 20.3 Å². The van der Waals surface area contributed by atoms with E-state index in [4.69, 9.17) is 4.74 Å². The molecular formula is C14H18N2O2S. The normalized spacial score (nSPS) is 12.6. The lowest BCUT2D eigenvalue weighted by Crippen LogP contribution is -2.19. The molecule has 0 aliphatic heterocycles. The molecule has 1 heterocycles. The Balaban J connectivity index is 1.89. The van der Waals surface area contributed by atoms with Gasteiger partial charge in [-0.3, -0.25) is 0 Å². The standard InChI is InChI=1S/C14H18N2O2S/c1-10(2)7-12(17)8-18-13-5-3-11(4-6-13)14-9-19-16-15-14/h3-6,9-10,12,17H,7-8H2,1-2H3. The summed E-state index contributed by atoms with van der Waals surface area (Å²) in [5.41, 5.74) is 1.89. The largest absolute Gasteiger partial charge is 0.491 e. The van der Waals surface area contributed by atoms with E-state index in [1.54, 1.807) is 0 Å². The van der Waals surface area contributed by atoms with Gasteiger partial charge < -0.3 is 9.84 Å². The molecule has 1 aromatic carbocycles. The number of aliphatic hydroxyl groups excluding tert-OH is 1. The molecule has 4 nitrogen and oxygen atoms in total. The Morgan fingerprint density at radius 1 is 1.26 bits per heavy atom. The Hall–Kier alpha value is -1.46. The molecule has 0 spiro atoms. The van der Waals surface area contributed by atoms with Crippen LogP contribution in [0.25, 0.3) is 11.3 Å². The van der Waals surface area contributed by atoms with Crippen molar-refractivity contribution in [1.82, 2.24) is 9.59 Å². The van der Waals surface area contributed by atoms with E-state index >= 15 is 0 Å². The minimum Gasteiger partial charge on any atom is -0.491 e. The highest BCUT2D eigenvalue weighted by Gasteiger charge is 2.08. The van der Waals surface area contributed by atoms with Crippen molar-refractivity contribution < 1.29 is 9.84 Å². The lowest BCUT2D eigenvalue weighted by molar-refractivity contribution is 0.0893. The Bertz CT molecular complexity index is 483. The number of aliphatic hydroxyl groups is 1. The molecule has 1 aromatic heterocycles. The smallest absolute Gasteiger partial charge is 0.119 e. The molecule has 102 valence electrons. The van der Waals surface area contributed by atoms with E-state index in [0.717, 1.165) is 23.4 Å². The van der Waals surface area contributed by atoms with E-state index in [1.165, 1.54) is 11.5 Å². The lowest BCUT2D eigenvalue weighted by atomic mass is 10.1. The molecule has 0 radical (unpaired) electrons. The summed E-state index contributed by atoms with van der Waals surface area (Å²) in [5, 5.41) is 15.7. The average molecular weight is 278 g/mol. The van der Waals surface area contributed by atoms with Gasteiger partial charge in [0.15, 0.2) is 0 Å². The first-order valence-electron chi connectivity index (χ1n) is 6.33. The number of rotatable bonds is 6. The average Bonchev–Trinajstić information content (AvgIpc) is 2.90. The third-order valence-electron chi connectivity index (χ3n) is 2.70. The monoisotopic (exact) mass is 278 g/mol. The van der Waals surface area contributed by atoms with E-state index in [1.807, 2.05) is 29.6 Å². The summed E-state index contributed by atoms with van der Waals surface area (Å²) in [4.78, 5) is 0. The van der Waals surface area contributed by atoms with Gasteiger partial charge in [-0.2, -0.15) is 0 Å². The van der Waals surface area contributed by atoms with Crippen molar-refractivity contribution in [3.8, 4) is 17.0 Å². The van der Waals surface area contributed by atoms with Crippen molar-refractivity contribution >= 4 is 11.5 Å². The molecule has 0 fully saturated rings. The van der Waals surface area contributed by atoms with Gasteiger partial charge in [-0.15, -0.1) is 5.10 Å². The molecule has 2 rings (SSSR count). The van der Waals surface area contributed by atoms with Gasteiger partial charge in [0.1, 0.15) is 18.1 Å². The molecule has 0 bridgehead atoms. The second-order valence-corrected chi connectivity index (χ2v) is 5.52. The van der Waals surface area contributed by atoms with Gasteiger partial charge in [0, 0.05) is 10.9 Å². The fourth-order valence-electron chi connectivity index (χ4n) is 1.82. The van der Waals surface area contributed by atoms with Crippen molar-refractivity contribution in [2.24, 2.45) is 5.92 Å². The van der Waals surface area contributed by atoms with Gasteiger partial charge in [-0.25, -0.2) is 0 Å². The van der Waals surface area contributed by atoms with Gasteiger partial charge in [0.05, 0.1) is 6.10 Å². The highest BCUT2D eigenvalue weighted by Crippen LogP contribution is 2.21. The Kier molecular flexibility index (Phi) is 4.87. The van der Waals surface area contributed by atoms with Crippen LogP contribution < -0.4 is 4.74 Å². The zero-order valence-electron chi connectivity index (χ0n) is 11.1. The van der Waals surface area contributed by atoms with Gasteiger partial charge in [0.2, 0.25) is 0 Å². The minimum absolute atomic E-state index is 0.329. The van der Waals surface area contributed by atoms with Crippen LogP contribution in [0.5, 0.6) is 5.75 Å². The van der Waals surface area contributed by atoms with Crippen LogP contribution in [0, 0.1) is 5.92 Å². The first-order chi connectivity index (χ1) is 9.15. The molecule has 0 aliphatic rings. The Morgan fingerprint density at radius 3 is 2.58 bits per heavy atom. The quantitative estimate of drug-likeness (QED) is 0.882. The van der Waals surface area contributed by atoms with Gasteiger partial charge >= 0.3 is 0 Å². The first-order valence-corrected chi connectivity index (χ1v) is 7.17. The molecule has 1 atom stereocenters. The summed E-state index contributed by atoms with van der Waals surface area (Å²) in [5.74, 6) is 1.23.